The van der Waals surface area contributed by atoms with Gasteiger partial charge in [-0.15, -0.1) is 0 Å². The summed E-state index contributed by atoms with van der Waals surface area (Å²) in [6, 6.07) is 14.0. The van der Waals surface area contributed by atoms with E-state index in [1.54, 1.807) is 23.1 Å². The Morgan fingerprint density at radius 3 is 2.75 bits per heavy atom. The average Bonchev–Trinajstić information content (AvgIpc) is 2.95. The molecule has 1 unspecified atom stereocenters. The Morgan fingerprint density at radius 1 is 1.32 bits per heavy atom. The van der Waals surface area contributed by atoms with Gasteiger partial charge in [0.1, 0.15) is 0 Å². The van der Waals surface area contributed by atoms with E-state index < -0.39 is 10.0 Å². The lowest BCUT2D eigenvalue weighted by atomic mass is 10.1. The number of amides is 1. The van der Waals surface area contributed by atoms with Gasteiger partial charge in [0, 0.05) is 18.3 Å². The maximum absolute atomic E-state index is 12.9. The molecule has 0 saturated carbocycles. The molecular formula is C20H22N4O3S. The number of carbonyl (C=O) groups is 1. The van der Waals surface area contributed by atoms with Crippen LogP contribution in [0.2, 0.25) is 0 Å². The number of likely N-dealkylation sites (N-methyl/N-ethyl adjacent to an activating group) is 1. The summed E-state index contributed by atoms with van der Waals surface area (Å²) in [5.74, 6) is -0.0615. The minimum Gasteiger partial charge on any atom is -0.308 e. The van der Waals surface area contributed by atoms with Gasteiger partial charge in [0.25, 0.3) is 0 Å². The summed E-state index contributed by atoms with van der Waals surface area (Å²) in [6.45, 7) is 2.68. The van der Waals surface area contributed by atoms with E-state index in [1.165, 1.54) is 6.07 Å². The Kier molecular flexibility index (Phi) is 5.52. The molecule has 28 heavy (non-hydrogen) atoms. The third kappa shape index (κ3) is 4.22. The fraction of sp³-hybridized carbons (Fsp3) is 0.300. The van der Waals surface area contributed by atoms with Crippen LogP contribution in [0.15, 0.2) is 47.4 Å². The van der Waals surface area contributed by atoms with Crippen molar-refractivity contribution < 1.29 is 13.2 Å². The van der Waals surface area contributed by atoms with E-state index in [2.05, 4.69) is 6.07 Å². The van der Waals surface area contributed by atoms with Crippen molar-refractivity contribution in [2.45, 2.75) is 30.8 Å². The van der Waals surface area contributed by atoms with Crippen molar-refractivity contribution in [1.29, 1.82) is 5.26 Å². The Labute approximate surface area is 165 Å². The molecule has 2 N–H and O–H groups in total. The molecule has 2 aromatic rings. The van der Waals surface area contributed by atoms with Gasteiger partial charge in [-0.2, -0.15) is 5.26 Å². The van der Waals surface area contributed by atoms with Crippen LogP contribution in [0, 0.1) is 11.3 Å². The molecule has 2 aromatic carbocycles. The SMILES string of the molecule is CC1Cc2cc(S(N)(=O)=O)ccc2N1C(=O)CN(C)Cc1cccc(C#N)c1. The van der Waals surface area contributed by atoms with Crippen molar-refractivity contribution in [2.75, 3.05) is 18.5 Å². The zero-order chi connectivity index (χ0) is 20.5. The molecule has 0 fully saturated rings. The Hall–Kier alpha value is -2.73. The van der Waals surface area contributed by atoms with Crippen molar-refractivity contribution >= 4 is 21.6 Å². The molecule has 1 atom stereocenters. The summed E-state index contributed by atoms with van der Waals surface area (Å²) in [7, 11) is -1.92. The van der Waals surface area contributed by atoms with E-state index >= 15 is 0 Å². The van der Waals surface area contributed by atoms with Crippen LogP contribution >= 0.6 is 0 Å². The zero-order valence-corrected chi connectivity index (χ0v) is 16.6. The second-order valence-electron chi connectivity index (χ2n) is 7.14. The van der Waals surface area contributed by atoms with Crippen LogP contribution in [0.4, 0.5) is 5.69 Å². The van der Waals surface area contributed by atoms with Crippen molar-refractivity contribution in [3.8, 4) is 6.07 Å². The van der Waals surface area contributed by atoms with Crippen molar-refractivity contribution in [3.63, 3.8) is 0 Å². The maximum atomic E-state index is 12.9. The van der Waals surface area contributed by atoms with Crippen LogP contribution in [0.1, 0.15) is 23.6 Å². The molecule has 0 aromatic heterocycles. The van der Waals surface area contributed by atoms with Gasteiger partial charge in [-0.25, -0.2) is 13.6 Å². The van der Waals surface area contributed by atoms with Gasteiger partial charge in [0.15, 0.2) is 0 Å². The number of nitrogens with zero attached hydrogens (tertiary/aromatic N) is 3. The number of nitrogens with two attached hydrogens (primary N) is 1. The first-order valence-electron chi connectivity index (χ1n) is 8.84. The first kappa shape index (κ1) is 20.0. The van der Waals surface area contributed by atoms with Gasteiger partial charge in [0.05, 0.1) is 23.1 Å². The van der Waals surface area contributed by atoms with Crippen LogP contribution in [-0.2, 0) is 27.8 Å². The third-order valence-corrected chi connectivity index (χ3v) is 5.69. The number of hydrogen-bond donors (Lipinski definition) is 1. The molecule has 3 rings (SSSR count). The first-order valence-corrected chi connectivity index (χ1v) is 10.4. The summed E-state index contributed by atoms with van der Waals surface area (Å²) >= 11 is 0. The second kappa shape index (κ2) is 7.72. The summed E-state index contributed by atoms with van der Waals surface area (Å²) < 4.78 is 23.1. The lowest BCUT2D eigenvalue weighted by molar-refractivity contribution is -0.119. The lowest BCUT2D eigenvalue weighted by Crippen LogP contribution is -2.41. The third-order valence-electron chi connectivity index (χ3n) is 4.78. The van der Waals surface area contributed by atoms with Gasteiger partial charge in [-0.3, -0.25) is 9.69 Å². The minimum absolute atomic E-state index is 0.0576. The van der Waals surface area contributed by atoms with Crippen molar-refractivity contribution in [3.05, 3.63) is 59.2 Å². The van der Waals surface area contributed by atoms with E-state index in [9.17, 15) is 13.2 Å². The average molecular weight is 398 g/mol. The molecule has 0 aliphatic carbocycles. The van der Waals surface area contributed by atoms with Crippen LogP contribution in [0.25, 0.3) is 0 Å². The van der Waals surface area contributed by atoms with Gasteiger partial charge < -0.3 is 4.90 Å². The Morgan fingerprint density at radius 2 is 2.07 bits per heavy atom. The smallest absolute Gasteiger partial charge is 0.241 e. The molecule has 0 spiro atoms. The normalized spacial score (nSPS) is 16.1. The summed E-state index contributed by atoms with van der Waals surface area (Å²) in [4.78, 5) is 16.6. The molecule has 1 heterocycles. The molecule has 1 aliphatic heterocycles. The summed E-state index contributed by atoms with van der Waals surface area (Å²) in [5, 5.41) is 14.2. The number of hydrogen-bond acceptors (Lipinski definition) is 5. The van der Waals surface area contributed by atoms with Crippen LogP contribution in [0.5, 0.6) is 0 Å². The number of carbonyl (C=O) groups excluding carboxylic acids is 1. The van der Waals surface area contributed by atoms with Gasteiger partial charge in [0.2, 0.25) is 15.9 Å². The van der Waals surface area contributed by atoms with Crippen LogP contribution in [0.3, 0.4) is 0 Å². The van der Waals surface area contributed by atoms with Crippen molar-refractivity contribution in [2.24, 2.45) is 5.14 Å². The molecule has 0 radical (unpaired) electrons. The molecule has 146 valence electrons. The highest BCUT2D eigenvalue weighted by Crippen LogP contribution is 2.33. The highest BCUT2D eigenvalue weighted by Gasteiger charge is 2.32. The molecular weight excluding hydrogens is 376 g/mol. The number of sulfonamides is 1. The Bertz CT molecular complexity index is 1060. The number of anilines is 1. The number of primary sulfonamides is 1. The topological polar surface area (TPSA) is 108 Å². The largest absolute Gasteiger partial charge is 0.308 e. The monoisotopic (exact) mass is 398 g/mol. The van der Waals surface area contributed by atoms with Gasteiger partial charge >= 0.3 is 0 Å². The number of rotatable bonds is 5. The second-order valence-corrected chi connectivity index (χ2v) is 8.70. The molecule has 7 nitrogen and oxygen atoms in total. The maximum Gasteiger partial charge on any atom is 0.241 e. The first-order chi connectivity index (χ1) is 13.2. The van der Waals surface area contributed by atoms with Crippen LogP contribution < -0.4 is 10.0 Å². The van der Waals surface area contributed by atoms with Gasteiger partial charge in [-0.1, -0.05) is 12.1 Å². The van der Waals surface area contributed by atoms with E-state index in [1.807, 2.05) is 37.1 Å². The fourth-order valence-corrected chi connectivity index (χ4v) is 4.14. The summed E-state index contributed by atoms with van der Waals surface area (Å²) in [5.41, 5.74) is 3.08. The molecule has 1 amide bonds. The molecule has 8 heteroatoms. The Balaban J connectivity index is 1.74. The summed E-state index contributed by atoms with van der Waals surface area (Å²) in [6.07, 6.45) is 0.582. The van der Waals surface area contributed by atoms with Crippen LogP contribution in [-0.4, -0.2) is 38.9 Å². The zero-order valence-electron chi connectivity index (χ0n) is 15.8. The van der Waals surface area contributed by atoms with Gasteiger partial charge in [-0.05, 0) is 61.9 Å². The number of fused-ring (bicyclic) bond motifs is 1. The quantitative estimate of drug-likeness (QED) is 0.823. The predicted molar refractivity (Wildman–Crippen MR) is 106 cm³/mol. The molecule has 0 saturated heterocycles. The van der Waals surface area contributed by atoms with E-state index in [-0.39, 0.29) is 23.4 Å². The highest BCUT2D eigenvalue weighted by atomic mass is 32.2. The highest BCUT2D eigenvalue weighted by molar-refractivity contribution is 7.89. The number of nitriles is 1. The standard InChI is InChI=1S/C20H22N4O3S/c1-14-8-17-10-18(28(22,26)27)6-7-19(17)24(14)20(25)13-23(2)12-16-5-3-4-15(9-16)11-21/h3-7,9-10,14H,8,12-13H2,1-2H3,(H2,22,26,27). The minimum atomic E-state index is -3.77. The molecule has 0 bridgehead atoms. The van der Waals surface area contributed by atoms with E-state index in [0.717, 1.165) is 16.8 Å². The fourth-order valence-electron chi connectivity index (χ4n) is 3.58. The van der Waals surface area contributed by atoms with E-state index in [4.69, 9.17) is 10.4 Å². The molecule has 1 aliphatic rings. The number of benzene rings is 2. The predicted octanol–water partition coefficient (Wildman–Crippen LogP) is 1.62. The van der Waals surface area contributed by atoms with E-state index in [0.29, 0.717) is 18.5 Å². The van der Waals surface area contributed by atoms with Crippen molar-refractivity contribution in [1.82, 2.24) is 4.90 Å². The lowest BCUT2D eigenvalue weighted by Gasteiger charge is -2.26.